The van der Waals surface area contributed by atoms with Gasteiger partial charge in [-0.05, 0) is 25.1 Å². The Kier molecular flexibility index (Phi) is 6.65. The molecular weight excluding hydrogens is 342 g/mol. The van der Waals surface area contributed by atoms with E-state index in [0.717, 1.165) is 11.3 Å². The Morgan fingerprint density at radius 3 is 2.48 bits per heavy atom. The van der Waals surface area contributed by atoms with E-state index in [1.54, 1.807) is 12.1 Å². The molecule has 0 fully saturated rings. The minimum atomic E-state index is -0.268. The minimum Gasteiger partial charge on any atom is -0.496 e. The summed E-state index contributed by atoms with van der Waals surface area (Å²) >= 11 is 6.09. The van der Waals surface area contributed by atoms with Gasteiger partial charge in [0.25, 0.3) is 5.91 Å². The second-order valence-corrected chi connectivity index (χ2v) is 5.65. The van der Waals surface area contributed by atoms with Crippen LogP contribution >= 0.6 is 11.6 Å². The van der Waals surface area contributed by atoms with Crippen LogP contribution in [0.2, 0.25) is 5.02 Å². The van der Waals surface area contributed by atoms with E-state index < -0.39 is 0 Å². The molecule has 0 spiro atoms. The number of nitrogens with one attached hydrogen (secondary N) is 2. The van der Waals surface area contributed by atoms with E-state index in [4.69, 9.17) is 21.1 Å². The Morgan fingerprint density at radius 1 is 1.16 bits per heavy atom. The number of carbonyl (C=O) groups is 1. The van der Waals surface area contributed by atoms with Gasteiger partial charge in [0.15, 0.2) is 0 Å². The predicted molar refractivity (Wildman–Crippen MR) is 100.0 cm³/mol. The van der Waals surface area contributed by atoms with E-state index in [-0.39, 0.29) is 12.5 Å². The van der Waals surface area contributed by atoms with Crippen LogP contribution in [-0.4, -0.2) is 32.9 Å². The molecule has 25 heavy (non-hydrogen) atoms. The first-order chi connectivity index (χ1) is 12.0. The summed E-state index contributed by atoms with van der Waals surface area (Å²) < 4.78 is 10.4. The number of carbonyl (C=O) groups excluding carboxylic acids is 1. The van der Waals surface area contributed by atoms with Crippen LogP contribution in [0.15, 0.2) is 41.5 Å². The first kappa shape index (κ1) is 18.6. The molecule has 2 aromatic carbocycles. The van der Waals surface area contributed by atoms with Crippen molar-refractivity contribution in [1.29, 1.82) is 0 Å². The van der Waals surface area contributed by atoms with Gasteiger partial charge in [0, 0.05) is 17.3 Å². The molecule has 1 amide bonds. The molecule has 0 atom stereocenters. The molecule has 0 saturated carbocycles. The van der Waals surface area contributed by atoms with Crippen molar-refractivity contribution in [2.24, 2.45) is 5.10 Å². The normalized spacial score (nSPS) is 10.6. The highest BCUT2D eigenvalue weighted by atomic mass is 35.5. The van der Waals surface area contributed by atoms with Gasteiger partial charge in [-0.3, -0.25) is 4.79 Å². The number of aryl methyl sites for hydroxylation is 1. The third-order valence-corrected chi connectivity index (χ3v) is 3.70. The van der Waals surface area contributed by atoms with E-state index in [1.807, 2.05) is 31.2 Å². The van der Waals surface area contributed by atoms with Gasteiger partial charge < -0.3 is 14.8 Å². The van der Waals surface area contributed by atoms with Crippen LogP contribution in [0.3, 0.4) is 0 Å². The Bertz CT molecular complexity index is 761. The van der Waals surface area contributed by atoms with Crippen LogP contribution in [0, 0.1) is 6.92 Å². The van der Waals surface area contributed by atoms with Gasteiger partial charge in [0.2, 0.25) is 0 Å². The largest absolute Gasteiger partial charge is 0.496 e. The Balaban J connectivity index is 1.92. The first-order valence-electron chi connectivity index (χ1n) is 7.57. The maximum absolute atomic E-state index is 11.8. The molecule has 0 heterocycles. The number of anilines is 1. The molecule has 0 bridgehead atoms. The van der Waals surface area contributed by atoms with Crippen molar-refractivity contribution >= 4 is 29.4 Å². The number of nitrogens with zero attached hydrogens (tertiary/aromatic N) is 1. The van der Waals surface area contributed by atoms with Gasteiger partial charge in [0.1, 0.15) is 11.5 Å². The van der Waals surface area contributed by atoms with Gasteiger partial charge in [-0.25, -0.2) is 5.43 Å². The summed E-state index contributed by atoms with van der Waals surface area (Å²) in [6.07, 6.45) is 1.47. The minimum absolute atomic E-state index is 0.112. The maximum atomic E-state index is 11.8. The van der Waals surface area contributed by atoms with Crippen molar-refractivity contribution in [2.75, 3.05) is 26.1 Å². The van der Waals surface area contributed by atoms with Gasteiger partial charge in [0.05, 0.1) is 32.0 Å². The maximum Gasteiger partial charge on any atom is 0.259 e. The molecule has 2 N–H and O–H groups in total. The topological polar surface area (TPSA) is 72.0 Å². The third-order valence-electron chi connectivity index (χ3n) is 3.40. The van der Waals surface area contributed by atoms with Gasteiger partial charge in [-0.2, -0.15) is 5.10 Å². The van der Waals surface area contributed by atoms with Crippen LogP contribution in [0.4, 0.5) is 5.69 Å². The Hall–Kier alpha value is -2.73. The zero-order valence-corrected chi connectivity index (χ0v) is 15.1. The van der Waals surface area contributed by atoms with Crippen molar-refractivity contribution in [1.82, 2.24) is 5.43 Å². The second kappa shape index (κ2) is 8.94. The lowest BCUT2D eigenvalue weighted by Gasteiger charge is -2.09. The molecule has 132 valence electrons. The van der Waals surface area contributed by atoms with E-state index in [1.165, 1.54) is 20.4 Å². The average molecular weight is 362 g/mol. The highest BCUT2D eigenvalue weighted by Gasteiger charge is 2.08. The van der Waals surface area contributed by atoms with Gasteiger partial charge >= 0.3 is 0 Å². The second-order valence-electron chi connectivity index (χ2n) is 5.24. The summed E-state index contributed by atoms with van der Waals surface area (Å²) in [6.45, 7) is 2.12. The summed E-state index contributed by atoms with van der Waals surface area (Å²) in [4.78, 5) is 11.8. The number of benzene rings is 2. The molecular formula is C18H20ClN3O3. The number of methoxy groups -OCH3 is 2. The molecule has 2 aromatic rings. The number of hydrogen-bond acceptors (Lipinski definition) is 5. The Labute approximate surface area is 151 Å². The van der Waals surface area contributed by atoms with E-state index in [2.05, 4.69) is 15.8 Å². The fourth-order valence-electron chi connectivity index (χ4n) is 2.05. The van der Waals surface area contributed by atoms with Crippen LogP contribution in [-0.2, 0) is 4.79 Å². The highest BCUT2D eigenvalue weighted by Crippen LogP contribution is 2.31. The molecule has 6 nitrogen and oxygen atoms in total. The Morgan fingerprint density at radius 2 is 1.84 bits per heavy atom. The summed E-state index contributed by atoms with van der Waals surface area (Å²) in [5.41, 5.74) is 5.10. The molecule has 0 unspecified atom stereocenters. The zero-order chi connectivity index (χ0) is 18.2. The summed E-state index contributed by atoms with van der Waals surface area (Å²) in [6, 6.07) is 11.1. The monoisotopic (exact) mass is 361 g/mol. The molecule has 7 heteroatoms. The lowest BCUT2D eigenvalue weighted by Crippen LogP contribution is -2.25. The van der Waals surface area contributed by atoms with Crippen LogP contribution in [0.25, 0.3) is 0 Å². The molecule has 0 aliphatic carbocycles. The molecule has 0 aliphatic heterocycles. The molecule has 0 saturated heterocycles. The number of rotatable bonds is 7. The lowest BCUT2D eigenvalue weighted by molar-refractivity contribution is -0.119. The van der Waals surface area contributed by atoms with Gasteiger partial charge in [-0.15, -0.1) is 0 Å². The van der Waals surface area contributed by atoms with Crippen molar-refractivity contribution in [3.8, 4) is 11.5 Å². The summed E-state index contributed by atoms with van der Waals surface area (Å²) in [5, 5.41) is 7.38. The molecule has 2 rings (SSSR count). The summed E-state index contributed by atoms with van der Waals surface area (Å²) in [7, 11) is 3.06. The predicted octanol–water partition coefficient (Wildman–Crippen LogP) is 3.23. The number of amides is 1. The van der Waals surface area contributed by atoms with Crippen molar-refractivity contribution in [2.45, 2.75) is 6.92 Å². The zero-order valence-electron chi connectivity index (χ0n) is 14.3. The molecule has 0 aliphatic rings. The molecule has 0 radical (unpaired) electrons. The number of hydrazone groups is 1. The quantitative estimate of drug-likeness (QED) is 0.586. The van der Waals surface area contributed by atoms with Crippen molar-refractivity contribution in [3.63, 3.8) is 0 Å². The van der Waals surface area contributed by atoms with Crippen LogP contribution in [0.5, 0.6) is 11.5 Å². The number of halogens is 1. The van der Waals surface area contributed by atoms with E-state index in [9.17, 15) is 4.79 Å². The SMILES string of the molecule is COc1cc(OC)c(/C=N\NC(=O)CNc2ccc(C)cc2)cc1Cl. The smallest absolute Gasteiger partial charge is 0.259 e. The number of ether oxygens (including phenoxy) is 2. The van der Waals surface area contributed by atoms with E-state index in [0.29, 0.717) is 22.1 Å². The standard InChI is InChI=1S/C18H20ClN3O3/c1-12-4-6-14(7-5-12)20-11-18(23)22-21-10-13-8-15(19)17(25-3)9-16(13)24-2/h4-10,20H,11H2,1-3H3,(H,22,23)/b21-10-. The third kappa shape index (κ3) is 5.39. The first-order valence-corrected chi connectivity index (χ1v) is 7.95. The van der Waals surface area contributed by atoms with E-state index >= 15 is 0 Å². The fourth-order valence-corrected chi connectivity index (χ4v) is 2.30. The van der Waals surface area contributed by atoms with Crippen LogP contribution in [0.1, 0.15) is 11.1 Å². The molecule has 0 aromatic heterocycles. The number of hydrogen-bond donors (Lipinski definition) is 2. The highest BCUT2D eigenvalue weighted by molar-refractivity contribution is 6.32. The van der Waals surface area contributed by atoms with Gasteiger partial charge in [-0.1, -0.05) is 29.3 Å². The fraction of sp³-hybridized carbons (Fsp3) is 0.222. The summed E-state index contributed by atoms with van der Waals surface area (Å²) in [5.74, 6) is 0.773. The van der Waals surface area contributed by atoms with Crippen molar-refractivity contribution in [3.05, 3.63) is 52.5 Å². The average Bonchev–Trinajstić information content (AvgIpc) is 2.61. The van der Waals surface area contributed by atoms with Crippen molar-refractivity contribution < 1.29 is 14.3 Å². The lowest BCUT2D eigenvalue weighted by atomic mass is 10.2. The van der Waals surface area contributed by atoms with Crippen LogP contribution < -0.4 is 20.2 Å².